The number of hydrogen-bond donors (Lipinski definition) is 2. The third kappa shape index (κ3) is 4.74. The SMILES string of the molecule is O=C(O)C(Cc1ccccc1)NCc1cn(-c2ccccc2)nc1[C]1[CH][CH][CH][CH]1. The van der Waals surface area contributed by atoms with Crippen LogP contribution in [0.5, 0.6) is 0 Å². The number of hydrogen-bond acceptors (Lipinski definition) is 3. The fourth-order valence-electron chi connectivity index (χ4n) is 3.36. The van der Waals surface area contributed by atoms with Crippen molar-refractivity contribution in [2.24, 2.45) is 0 Å². The van der Waals surface area contributed by atoms with E-state index in [0.29, 0.717) is 13.0 Å². The molecule has 0 saturated heterocycles. The van der Waals surface area contributed by atoms with Gasteiger partial charge in [-0.2, -0.15) is 5.10 Å². The Morgan fingerprint density at radius 3 is 2.31 bits per heavy atom. The average Bonchev–Trinajstić information content (AvgIpc) is 3.42. The first-order chi connectivity index (χ1) is 14.2. The Labute approximate surface area is 171 Å². The molecule has 1 saturated carbocycles. The molecule has 5 heteroatoms. The predicted molar refractivity (Wildman–Crippen MR) is 112 cm³/mol. The smallest absolute Gasteiger partial charge is 0.321 e. The van der Waals surface area contributed by atoms with Crippen molar-refractivity contribution in [3.63, 3.8) is 0 Å². The molecule has 2 aromatic carbocycles. The second kappa shape index (κ2) is 9.05. The number of nitrogens with zero attached hydrogens (tertiary/aromatic N) is 2. The van der Waals surface area contributed by atoms with Crippen molar-refractivity contribution in [3.05, 3.63) is 115 Å². The number of benzene rings is 2. The average molecular weight is 384 g/mol. The third-order valence-electron chi connectivity index (χ3n) is 4.87. The van der Waals surface area contributed by atoms with E-state index < -0.39 is 12.0 Å². The van der Waals surface area contributed by atoms with Crippen molar-refractivity contribution in [1.29, 1.82) is 0 Å². The number of carbonyl (C=O) groups is 1. The molecule has 0 aliphatic heterocycles. The number of nitrogens with one attached hydrogen (secondary N) is 1. The molecule has 1 fully saturated rings. The van der Waals surface area contributed by atoms with Gasteiger partial charge in [0, 0.05) is 24.2 Å². The number of rotatable bonds is 8. The molecule has 29 heavy (non-hydrogen) atoms. The second-order valence-electron chi connectivity index (χ2n) is 6.92. The van der Waals surface area contributed by atoms with Crippen molar-refractivity contribution in [2.75, 3.05) is 0 Å². The highest BCUT2D eigenvalue weighted by atomic mass is 16.4. The molecule has 0 bridgehead atoms. The zero-order valence-electron chi connectivity index (χ0n) is 15.9. The first kappa shape index (κ1) is 19.4. The lowest BCUT2D eigenvalue weighted by Crippen LogP contribution is -2.38. The minimum atomic E-state index is -0.862. The van der Waals surface area contributed by atoms with Gasteiger partial charge in [-0.05, 0) is 49.8 Å². The van der Waals surface area contributed by atoms with Gasteiger partial charge in [0.1, 0.15) is 6.04 Å². The molecular weight excluding hydrogens is 362 g/mol. The van der Waals surface area contributed by atoms with Gasteiger partial charge in [-0.15, -0.1) is 0 Å². The Morgan fingerprint density at radius 1 is 1.00 bits per heavy atom. The highest BCUT2D eigenvalue weighted by Gasteiger charge is 2.26. The van der Waals surface area contributed by atoms with Crippen LogP contribution < -0.4 is 5.32 Å². The molecule has 1 aliphatic rings. The Hall–Kier alpha value is -2.92. The normalized spacial score (nSPS) is 15.4. The topological polar surface area (TPSA) is 67.2 Å². The molecule has 5 radical (unpaired) electrons. The van der Waals surface area contributed by atoms with Crippen LogP contribution in [-0.4, -0.2) is 26.9 Å². The van der Waals surface area contributed by atoms with Gasteiger partial charge in [0.05, 0.1) is 11.4 Å². The number of aliphatic carboxylic acids is 1. The van der Waals surface area contributed by atoms with E-state index in [1.165, 1.54) is 0 Å². The van der Waals surface area contributed by atoms with Gasteiger partial charge in [-0.25, -0.2) is 4.68 Å². The summed E-state index contributed by atoms with van der Waals surface area (Å²) in [7, 11) is 0. The summed E-state index contributed by atoms with van der Waals surface area (Å²) in [4.78, 5) is 11.8. The molecule has 1 aromatic heterocycles. The number of aromatic nitrogens is 2. The van der Waals surface area contributed by atoms with Crippen LogP contribution in [0, 0.1) is 31.6 Å². The minimum Gasteiger partial charge on any atom is -0.480 e. The number of para-hydroxylation sites is 1. The number of carboxylic acid groups (broad SMARTS) is 1. The van der Waals surface area contributed by atoms with Gasteiger partial charge in [0.15, 0.2) is 0 Å². The first-order valence-electron chi connectivity index (χ1n) is 9.57. The fourth-order valence-corrected chi connectivity index (χ4v) is 3.36. The molecule has 0 amide bonds. The maximum atomic E-state index is 11.8. The van der Waals surface area contributed by atoms with E-state index in [1.807, 2.05) is 97.2 Å². The van der Waals surface area contributed by atoms with Crippen molar-refractivity contribution < 1.29 is 9.90 Å². The summed E-state index contributed by atoms with van der Waals surface area (Å²) in [6.45, 7) is 0.414. The summed E-state index contributed by atoms with van der Waals surface area (Å²) in [6.07, 6.45) is 10.4. The Balaban J connectivity index is 1.54. The molecule has 145 valence electrons. The zero-order valence-corrected chi connectivity index (χ0v) is 15.9. The Morgan fingerprint density at radius 2 is 1.66 bits per heavy atom. The molecule has 3 aromatic rings. The van der Waals surface area contributed by atoms with Crippen LogP contribution in [0.25, 0.3) is 5.69 Å². The molecule has 0 spiro atoms. The maximum Gasteiger partial charge on any atom is 0.321 e. The van der Waals surface area contributed by atoms with Gasteiger partial charge >= 0.3 is 5.97 Å². The van der Waals surface area contributed by atoms with Crippen LogP contribution in [-0.2, 0) is 17.8 Å². The highest BCUT2D eigenvalue weighted by Crippen LogP contribution is 2.31. The molecular formula is C24H22N3O2. The van der Waals surface area contributed by atoms with E-state index in [-0.39, 0.29) is 0 Å². The Kier molecular flexibility index (Phi) is 6.06. The van der Waals surface area contributed by atoms with E-state index in [1.54, 1.807) is 0 Å². The van der Waals surface area contributed by atoms with Crippen LogP contribution in [0.3, 0.4) is 0 Å². The van der Waals surface area contributed by atoms with Gasteiger partial charge in [-0.3, -0.25) is 10.1 Å². The molecule has 4 rings (SSSR count). The summed E-state index contributed by atoms with van der Waals surface area (Å²) in [5.74, 6) is 0.158. The van der Waals surface area contributed by atoms with Crippen LogP contribution in [0.1, 0.15) is 16.8 Å². The van der Waals surface area contributed by atoms with Crippen LogP contribution in [0.2, 0.25) is 0 Å². The van der Waals surface area contributed by atoms with Crippen molar-refractivity contribution >= 4 is 5.97 Å². The molecule has 1 unspecified atom stereocenters. The van der Waals surface area contributed by atoms with Gasteiger partial charge in [-0.1, -0.05) is 48.5 Å². The van der Waals surface area contributed by atoms with Crippen molar-refractivity contribution in [3.8, 4) is 5.69 Å². The van der Waals surface area contributed by atoms with Crippen molar-refractivity contribution in [1.82, 2.24) is 15.1 Å². The van der Waals surface area contributed by atoms with Gasteiger partial charge in [0.2, 0.25) is 0 Å². The van der Waals surface area contributed by atoms with Gasteiger partial charge in [0.25, 0.3) is 0 Å². The molecule has 5 nitrogen and oxygen atoms in total. The summed E-state index contributed by atoms with van der Waals surface area (Å²) in [5, 5.41) is 17.6. The molecule has 2 N–H and O–H groups in total. The summed E-state index contributed by atoms with van der Waals surface area (Å²) in [5.41, 5.74) is 3.77. The van der Waals surface area contributed by atoms with Crippen LogP contribution in [0.15, 0.2) is 66.9 Å². The van der Waals surface area contributed by atoms with E-state index in [9.17, 15) is 9.90 Å². The summed E-state index contributed by atoms with van der Waals surface area (Å²) in [6, 6.07) is 18.9. The fraction of sp³-hybridized carbons (Fsp3) is 0.125. The Bertz CT molecular complexity index is 931. The molecule has 1 aliphatic carbocycles. The molecule has 1 atom stereocenters. The highest BCUT2D eigenvalue weighted by molar-refractivity contribution is 5.74. The minimum absolute atomic E-state index is 0.414. The lowest BCUT2D eigenvalue weighted by Gasteiger charge is -2.15. The lowest BCUT2D eigenvalue weighted by atomic mass is 10.00. The summed E-state index contributed by atoms with van der Waals surface area (Å²) >= 11 is 0. The van der Waals surface area contributed by atoms with E-state index in [4.69, 9.17) is 5.10 Å². The maximum absolute atomic E-state index is 11.8. The standard InChI is InChI=1S/C24H22N3O2/c28-24(29)22(15-18-9-3-1-4-10-18)25-16-20-17-27(21-13-5-2-6-14-21)26-23(20)19-11-7-8-12-19/h1-14,17,22,25H,15-16H2,(H,28,29). The largest absolute Gasteiger partial charge is 0.480 e. The number of carboxylic acids is 1. The monoisotopic (exact) mass is 384 g/mol. The van der Waals surface area contributed by atoms with E-state index >= 15 is 0 Å². The quantitative estimate of drug-likeness (QED) is 0.625. The molecule has 1 heterocycles. The van der Waals surface area contributed by atoms with Crippen LogP contribution >= 0.6 is 0 Å². The second-order valence-corrected chi connectivity index (χ2v) is 6.92. The summed E-state index contributed by atoms with van der Waals surface area (Å²) < 4.78 is 1.84. The third-order valence-corrected chi connectivity index (χ3v) is 4.87. The van der Waals surface area contributed by atoms with Crippen LogP contribution in [0.4, 0.5) is 0 Å². The van der Waals surface area contributed by atoms with E-state index in [2.05, 4.69) is 5.32 Å². The van der Waals surface area contributed by atoms with E-state index in [0.717, 1.165) is 28.4 Å². The first-order valence-corrected chi connectivity index (χ1v) is 9.57. The van der Waals surface area contributed by atoms with Gasteiger partial charge < -0.3 is 5.11 Å². The zero-order chi connectivity index (χ0) is 20.1. The predicted octanol–water partition coefficient (Wildman–Crippen LogP) is 3.41. The van der Waals surface area contributed by atoms with Crippen molar-refractivity contribution in [2.45, 2.75) is 19.0 Å². The lowest BCUT2D eigenvalue weighted by molar-refractivity contribution is -0.139.